The molecule has 1 unspecified atom stereocenters. The largest absolute Gasteiger partial charge is 0.326 e. The molecule has 0 fully saturated rings. The smallest absolute Gasteiger partial charge is 0.251 e. The Bertz CT molecular complexity index is 1310. The van der Waals surface area contributed by atoms with Gasteiger partial charge in [-0.3, -0.25) is 9.59 Å². The third kappa shape index (κ3) is 6.58. The molecule has 0 spiro atoms. The zero-order valence-electron chi connectivity index (χ0n) is 20.6. The Morgan fingerprint density at radius 1 is 1.06 bits per heavy atom. The van der Waals surface area contributed by atoms with Crippen molar-refractivity contribution in [1.82, 2.24) is 4.98 Å². The summed E-state index contributed by atoms with van der Waals surface area (Å²) in [7, 11) is 0. The lowest BCUT2D eigenvalue weighted by Gasteiger charge is -2.26. The van der Waals surface area contributed by atoms with E-state index in [9.17, 15) is 14.0 Å². The van der Waals surface area contributed by atoms with Gasteiger partial charge in [0.15, 0.2) is 0 Å². The molecule has 1 aliphatic carbocycles. The Morgan fingerprint density at radius 2 is 1.81 bits per heavy atom. The van der Waals surface area contributed by atoms with Crippen LogP contribution in [0.4, 0.5) is 15.8 Å². The first kappa shape index (κ1) is 25.6. The summed E-state index contributed by atoms with van der Waals surface area (Å²) in [6.07, 6.45) is 4.68. The monoisotopic (exact) mass is 505 g/mol. The number of benzene rings is 2. The highest BCUT2D eigenvalue weighted by molar-refractivity contribution is 6.29. The summed E-state index contributed by atoms with van der Waals surface area (Å²) in [6.45, 7) is 6.04. The Labute approximate surface area is 215 Å². The summed E-state index contributed by atoms with van der Waals surface area (Å²) in [5, 5.41) is 6.17. The molecule has 5 nitrogen and oxygen atoms in total. The SMILES string of the molecule is CC(C)(C)CC(=O)Nc1ccc2c(c1)C=C(C(=O)Nc1ccc(Cl)nc1)C(Cc1ccccc1F)C2. The van der Waals surface area contributed by atoms with Gasteiger partial charge in [-0.15, -0.1) is 0 Å². The van der Waals surface area contributed by atoms with Gasteiger partial charge >= 0.3 is 0 Å². The lowest BCUT2D eigenvalue weighted by molar-refractivity contribution is -0.118. The van der Waals surface area contributed by atoms with E-state index in [1.807, 2.05) is 45.0 Å². The predicted octanol–water partition coefficient (Wildman–Crippen LogP) is 6.69. The number of hydrogen-bond acceptors (Lipinski definition) is 3. The van der Waals surface area contributed by atoms with Crippen molar-refractivity contribution in [1.29, 1.82) is 0 Å². The Balaban J connectivity index is 1.63. The lowest BCUT2D eigenvalue weighted by atomic mass is 9.79. The highest BCUT2D eigenvalue weighted by atomic mass is 35.5. The van der Waals surface area contributed by atoms with Crippen molar-refractivity contribution in [3.8, 4) is 0 Å². The third-order valence-electron chi connectivity index (χ3n) is 6.01. The molecule has 0 saturated carbocycles. The second kappa shape index (κ2) is 10.6. The van der Waals surface area contributed by atoms with E-state index in [0.29, 0.717) is 46.9 Å². The van der Waals surface area contributed by atoms with Gasteiger partial charge in [0.2, 0.25) is 5.91 Å². The van der Waals surface area contributed by atoms with Crippen LogP contribution in [0.1, 0.15) is 43.9 Å². The molecule has 0 aliphatic heterocycles. The fourth-order valence-corrected chi connectivity index (χ4v) is 4.47. The van der Waals surface area contributed by atoms with Gasteiger partial charge in [-0.1, -0.05) is 56.6 Å². The molecule has 36 heavy (non-hydrogen) atoms. The number of halogens is 2. The van der Waals surface area contributed by atoms with Crippen molar-refractivity contribution < 1.29 is 14.0 Å². The first-order chi connectivity index (χ1) is 17.1. The number of aromatic nitrogens is 1. The number of hydrogen-bond donors (Lipinski definition) is 2. The standard InChI is InChI=1S/C29H29ClFN3O2/c1-29(2,3)16-27(35)33-22-9-8-18-12-21(13-19-6-4-5-7-25(19)31)24(15-20(18)14-22)28(36)34-23-10-11-26(30)32-17-23/h4-11,14-15,17,21H,12-13,16H2,1-3H3,(H,33,35)(H,34,36). The van der Waals surface area contributed by atoms with E-state index in [4.69, 9.17) is 11.6 Å². The molecule has 1 heterocycles. The topological polar surface area (TPSA) is 71.1 Å². The van der Waals surface area contributed by atoms with Crippen LogP contribution in [0.25, 0.3) is 6.08 Å². The molecule has 0 radical (unpaired) electrons. The number of anilines is 2. The average Bonchev–Trinajstić information content (AvgIpc) is 2.80. The minimum absolute atomic E-state index is 0.0622. The number of nitrogens with one attached hydrogen (secondary N) is 2. The van der Waals surface area contributed by atoms with Gasteiger partial charge < -0.3 is 10.6 Å². The van der Waals surface area contributed by atoms with Crippen LogP contribution in [0, 0.1) is 17.2 Å². The van der Waals surface area contributed by atoms with Crippen LogP contribution in [0.15, 0.2) is 66.4 Å². The van der Waals surface area contributed by atoms with E-state index in [1.54, 1.807) is 30.3 Å². The zero-order chi connectivity index (χ0) is 25.9. The Kier molecular flexibility index (Phi) is 7.55. The summed E-state index contributed by atoms with van der Waals surface area (Å²) < 4.78 is 14.5. The van der Waals surface area contributed by atoms with Crippen molar-refractivity contribution >= 4 is 40.9 Å². The number of nitrogens with zero attached hydrogens (tertiary/aromatic N) is 1. The maximum atomic E-state index is 14.5. The molecule has 0 bridgehead atoms. The molecule has 2 amide bonds. The van der Waals surface area contributed by atoms with Crippen LogP contribution in [-0.4, -0.2) is 16.8 Å². The van der Waals surface area contributed by atoms with Crippen LogP contribution in [0.3, 0.4) is 0 Å². The highest BCUT2D eigenvalue weighted by Crippen LogP contribution is 2.34. The molecule has 0 saturated heterocycles. The number of amides is 2. The van der Waals surface area contributed by atoms with Crippen LogP contribution >= 0.6 is 11.6 Å². The van der Waals surface area contributed by atoms with Gasteiger partial charge in [0, 0.05) is 17.7 Å². The van der Waals surface area contributed by atoms with Gasteiger partial charge in [0.25, 0.3) is 5.91 Å². The van der Waals surface area contributed by atoms with Crippen LogP contribution in [0.2, 0.25) is 5.15 Å². The van der Waals surface area contributed by atoms with Gasteiger partial charge in [0.05, 0.1) is 11.9 Å². The van der Waals surface area contributed by atoms with Crippen molar-refractivity contribution in [3.63, 3.8) is 0 Å². The van der Waals surface area contributed by atoms with Gasteiger partial charge in [0.1, 0.15) is 11.0 Å². The van der Waals surface area contributed by atoms with Gasteiger partial charge in [-0.2, -0.15) is 0 Å². The van der Waals surface area contributed by atoms with Crippen molar-refractivity contribution in [2.45, 2.75) is 40.0 Å². The quantitative estimate of drug-likeness (QED) is 0.367. The number of carbonyl (C=O) groups excluding carboxylic acids is 2. The minimum Gasteiger partial charge on any atom is -0.326 e. The summed E-state index contributed by atoms with van der Waals surface area (Å²) in [5.74, 6) is -0.862. The predicted molar refractivity (Wildman–Crippen MR) is 142 cm³/mol. The van der Waals surface area contributed by atoms with E-state index in [2.05, 4.69) is 15.6 Å². The van der Waals surface area contributed by atoms with Crippen LogP contribution in [0.5, 0.6) is 0 Å². The summed E-state index contributed by atoms with van der Waals surface area (Å²) in [4.78, 5) is 29.8. The summed E-state index contributed by atoms with van der Waals surface area (Å²) in [5.41, 5.74) is 4.06. The summed E-state index contributed by atoms with van der Waals surface area (Å²) >= 11 is 5.87. The maximum absolute atomic E-state index is 14.5. The van der Waals surface area contributed by atoms with Crippen molar-refractivity contribution in [3.05, 3.63) is 94.0 Å². The Morgan fingerprint density at radius 3 is 2.50 bits per heavy atom. The van der Waals surface area contributed by atoms with Gasteiger partial charge in [-0.05, 0) is 77.3 Å². The van der Waals surface area contributed by atoms with Gasteiger partial charge in [-0.25, -0.2) is 9.37 Å². The second-order valence-electron chi connectivity index (χ2n) is 10.3. The molecule has 2 N–H and O–H groups in total. The molecule has 186 valence electrons. The van der Waals surface area contributed by atoms with E-state index < -0.39 is 0 Å². The normalized spacial score (nSPS) is 15.0. The van der Waals surface area contributed by atoms with Crippen molar-refractivity contribution in [2.24, 2.45) is 11.3 Å². The first-order valence-corrected chi connectivity index (χ1v) is 12.3. The second-order valence-corrected chi connectivity index (χ2v) is 10.7. The molecular weight excluding hydrogens is 477 g/mol. The molecule has 1 atom stereocenters. The average molecular weight is 506 g/mol. The lowest BCUT2D eigenvalue weighted by Crippen LogP contribution is -2.26. The zero-order valence-corrected chi connectivity index (χ0v) is 21.3. The highest BCUT2D eigenvalue weighted by Gasteiger charge is 2.28. The van der Waals surface area contributed by atoms with Crippen LogP contribution < -0.4 is 10.6 Å². The minimum atomic E-state index is -0.290. The fraction of sp³-hybridized carbons (Fsp3) is 0.276. The third-order valence-corrected chi connectivity index (χ3v) is 6.23. The number of fused-ring (bicyclic) bond motifs is 1. The number of rotatable bonds is 6. The molecule has 3 aromatic rings. The number of pyridine rings is 1. The van der Waals surface area contributed by atoms with E-state index >= 15 is 0 Å². The van der Waals surface area contributed by atoms with Crippen molar-refractivity contribution in [2.75, 3.05) is 10.6 Å². The molecule has 1 aromatic heterocycles. The molecule has 4 rings (SSSR count). The molecule has 2 aromatic carbocycles. The van der Waals surface area contributed by atoms with E-state index in [0.717, 1.165) is 11.1 Å². The van der Waals surface area contributed by atoms with E-state index in [1.165, 1.54) is 12.3 Å². The molecular formula is C29H29ClFN3O2. The Hall–Kier alpha value is -3.51. The van der Waals surface area contributed by atoms with Crippen LogP contribution in [-0.2, 0) is 22.4 Å². The molecule has 7 heteroatoms. The summed E-state index contributed by atoms with van der Waals surface area (Å²) in [6, 6.07) is 15.6. The molecule has 1 aliphatic rings. The maximum Gasteiger partial charge on any atom is 0.251 e. The number of carbonyl (C=O) groups is 2. The fourth-order valence-electron chi connectivity index (χ4n) is 4.36. The first-order valence-electron chi connectivity index (χ1n) is 11.9. The van der Waals surface area contributed by atoms with E-state index in [-0.39, 0.29) is 29.0 Å².